The first-order valence-corrected chi connectivity index (χ1v) is 5.18. The first kappa shape index (κ1) is 13.4. The molecular formula is C12H5F2N3O3. The third-order valence-electron chi connectivity index (χ3n) is 2.28. The van der Waals surface area contributed by atoms with Crippen molar-refractivity contribution in [2.45, 2.75) is 0 Å². The highest BCUT2D eigenvalue weighted by atomic mass is 19.1. The van der Waals surface area contributed by atoms with Crippen LogP contribution in [0.15, 0.2) is 30.5 Å². The van der Waals surface area contributed by atoms with Crippen LogP contribution in [0.2, 0.25) is 0 Å². The molecule has 0 unspecified atom stereocenters. The molecule has 0 radical (unpaired) electrons. The highest BCUT2D eigenvalue weighted by Gasteiger charge is 2.19. The second kappa shape index (κ2) is 5.27. The van der Waals surface area contributed by atoms with Crippen LogP contribution < -0.4 is 4.74 Å². The van der Waals surface area contributed by atoms with Crippen LogP contribution in [0.5, 0.6) is 11.6 Å². The molecule has 0 saturated carbocycles. The molecular weight excluding hydrogens is 272 g/mol. The minimum Gasteiger partial charge on any atom is -0.436 e. The average Bonchev–Trinajstić information content (AvgIpc) is 2.43. The second-order valence-corrected chi connectivity index (χ2v) is 3.59. The van der Waals surface area contributed by atoms with E-state index in [9.17, 15) is 18.9 Å². The molecule has 2 rings (SSSR count). The summed E-state index contributed by atoms with van der Waals surface area (Å²) >= 11 is 0. The van der Waals surface area contributed by atoms with Crippen molar-refractivity contribution in [3.8, 4) is 17.7 Å². The van der Waals surface area contributed by atoms with Crippen molar-refractivity contribution >= 4 is 5.69 Å². The van der Waals surface area contributed by atoms with Gasteiger partial charge in [-0.2, -0.15) is 9.65 Å². The Bertz CT molecular complexity index is 711. The van der Waals surface area contributed by atoms with E-state index in [2.05, 4.69) is 4.98 Å². The van der Waals surface area contributed by atoms with Crippen LogP contribution in [0.25, 0.3) is 0 Å². The van der Waals surface area contributed by atoms with Gasteiger partial charge in [-0.3, -0.25) is 10.1 Å². The number of aromatic nitrogens is 1. The first-order valence-electron chi connectivity index (χ1n) is 5.18. The molecule has 8 heteroatoms. The molecule has 0 spiro atoms. The van der Waals surface area contributed by atoms with E-state index in [-0.39, 0.29) is 11.4 Å². The molecule has 0 amide bonds. The zero-order chi connectivity index (χ0) is 14.7. The summed E-state index contributed by atoms with van der Waals surface area (Å²) in [7, 11) is 0. The molecule has 100 valence electrons. The minimum atomic E-state index is -1.22. The predicted octanol–water partition coefficient (Wildman–Crippen LogP) is 2.93. The van der Waals surface area contributed by atoms with E-state index in [1.807, 2.05) is 6.07 Å². The van der Waals surface area contributed by atoms with E-state index in [1.165, 1.54) is 18.3 Å². The Balaban J connectivity index is 2.31. The number of hydrogen-bond acceptors (Lipinski definition) is 5. The molecule has 0 aliphatic heterocycles. The Kier molecular flexibility index (Phi) is 3.52. The van der Waals surface area contributed by atoms with Gasteiger partial charge in [0.15, 0.2) is 11.6 Å². The first-order chi connectivity index (χ1) is 9.51. The summed E-state index contributed by atoms with van der Waals surface area (Å²) in [6.45, 7) is 0. The summed E-state index contributed by atoms with van der Waals surface area (Å²) in [6.07, 6.45) is 1.19. The monoisotopic (exact) mass is 277 g/mol. The van der Waals surface area contributed by atoms with Crippen LogP contribution in [0.4, 0.5) is 14.5 Å². The lowest BCUT2D eigenvalue weighted by Gasteiger charge is -2.06. The molecule has 0 fully saturated rings. The Morgan fingerprint density at radius 2 is 2.05 bits per heavy atom. The van der Waals surface area contributed by atoms with E-state index in [0.29, 0.717) is 12.1 Å². The van der Waals surface area contributed by atoms with Gasteiger partial charge in [-0.05, 0) is 6.07 Å². The standard InChI is InChI=1S/C12H5F2N3O3/c13-8-4-11(9(14)3-10(8)17(18)19)20-12-2-1-7(5-15)6-16-12/h1-4,6H. The third-order valence-corrected chi connectivity index (χ3v) is 2.28. The number of nitriles is 1. The van der Waals surface area contributed by atoms with Gasteiger partial charge >= 0.3 is 5.69 Å². The summed E-state index contributed by atoms with van der Waals surface area (Å²) in [5, 5.41) is 19.0. The minimum absolute atomic E-state index is 0.0730. The number of rotatable bonds is 3. The van der Waals surface area contributed by atoms with Crippen molar-refractivity contribution in [1.82, 2.24) is 4.98 Å². The highest BCUT2D eigenvalue weighted by Crippen LogP contribution is 2.29. The van der Waals surface area contributed by atoms with Gasteiger partial charge in [0.2, 0.25) is 11.7 Å². The summed E-state index contributed by atoms with van der Waals surface area (Å²) in [6, 6.07) is 5.49. The maximum Gasteiger partial charge on any atom is 0.307 e. The van der Waals surface area contributed by atoms with Crippen LogP contribution in [-0.4, -0.2) is 9.91 Å². The summed E-state index contributed by atoms with van der Waals surface area (Å²) in [5.74, 6) is -2.93. The van der Waals surface area contributed by atoms with Crippen LogP contribution in [-0.2, 0) is 0 Å². The van der Waals surface area contributed by atoms with Crippen LogP contribution >= 0.6 is 0 Å². The van der Waals surface area contributed by atoms with Crippen molar-refractivity contribution in [3.63, 3.8) is 0 Å². The van der Waals surface area contributed by atoms with Crippen LogP contribution in [0, 0.1) is 33.1 Å². The number of nitro groups is 1. The SMILES string of the molecule is N#Cc1ccc(Oc2cc(F)c([N+](=O)[O-])cc2F)nc1. The zero-order valence-electron chi connectivity index (χ0n) is 9.71. The molecule has 0 saturated heterocycles. The fourth-order valence-corrected chi connectivity index (χ4v) is 1.36. The lowest BCUT2D eigenvalue weighted by molar-refractivity contribution is -0.387. The lowest BCUT2D eigenvalue weighted by Crippen LogP contribution is -1.97. The smallest absolute Gasteiger partial charge is 0.307 e. The maximum atomic E-state index is 13.5. The van der Waals surface area contributed by atoms with Crippen LogP contribution in [0.1, 0.15) is 5.56 Å². The predicted molar refractivity (Wildman–Crippen MR) is 62.0 cm³/mol. The number of hydrogen-bond donors (Lipinski definition) is 0. The summed E-state index contributed by atoms with van der Waals surface area (Å²) in [5.41, 5.74) is -0.713. The quantitative estimate of drug-likeness (QED) is 0.635. The molecule has 0 aliphatic rings. The molecule has 1 heterocycles. The Hall–Kier alpha value is -3.08. The molecule has 0 N–H and O–H groups in total. The number of pyridine rings is 1. The molecule has 1 aromatic carbocycles. The molecule has 20 heavy (non-hydrogen) atoms. The normalized spacial score (nSPS) is 9.85. The molecule has 0 aliphatic carbocycles. The molecule has 6 nitrogen and oxygen atoms in total. The topological polar surface area (TPSA) is 89.0 Å². The fraction of sp³-hybridized carbons (Fsp3) is 0. The van der Waals surface area contributed by atoms with E-state index < -0.39 is 28.0 Å². The van der Waals surface area contributed by atoms with Gasteiger partial charge in [-0.15, -0.1) is 0 Å². The van der Waals surface area contributed by atoms with Gasteiger partial charge in [0.25, 0.3) is 0 Å². The second-order valence-electron chi connectivity index (χ2n) is 3.59. The fourth-order valence-electron chi connectivity index (χ4n) is 1.36. The van der Waals surface area contributed by atoms with Gasteiger partial charge in [0.1, 0.15) is 6.07 Å². The van der Waals surface area contributed by atoms with Crippen molar-refractivity contribution in [3.05, 3.63) is 57.8 Å². The van der Waals surface area contributed by atoms with Crippen molar-refractivity contribution in [2.75, 3.05) is 0 Å². The number of ether oxygens (including phenoxy) is 1. The third kappa shape index (κ3) is 2.67. The molecule has 0 atom stereocenters. The zero-order valence-corrected chi connectivity index (χ0v) is 9.71. The Labute approximate surface area is 111 Å². The van der Waals surface area contributed by atoms with Gasteiger partial charge in [0, 0.05) is 18.3 Å². The molecule has 1 aromatic heterocycles. The number of nitrogens with zero attached hydrogens (tertiary/aromatic N) is 3. The average molecular weight is 277 g/mol. The highest BCUT2D eigenvalue weighted by molar-refractivity contribution is 5.41. The van der Waals surface area contributed by atoms with E-state index in [0.717, 1.165) is 0 Å². The Morgan fingerprint density at radius 3 is 2.60 bits per heavy atom. The van der Waals surface area contributed by atoms with Crippen LogP contribution in [0.3, 0.4) is 0 Å². The molecule has 0 bridgehead atoms. The van der Waals surface area contributed by atoms with Gasteiger partial charge in [-0.1, -0.05) is 0 Å². The van der Waals surface area contributed by atoms with Gasteiger partial charge < -0.3 is 4.74 Å². The summed E-state index contributed by atoms with van der Waals surface area (Å²) in [4.78, 5) is 13.1. The van der Waals surface area contributed by atoms with E-state index in [4.69, 9.17) is 10.00 Å². The maximum absolute atomic E-state index is 13.5. The molecule has 2 aromatic rings. The largest absolute Gasteiger partial charge is 0.436 e. The number of benzene rings is 1. The van der Waals surface area contributed by atoms with E-state index >= 15 is 0 Å². The van der Waals surface area contributed by atoms with Crippen molar-refractivity contribution in [1.29, 1.82) is 5.26 Å². The lowest BCUT2D eigenvalue weighted by atomic mass is 10.3. The Morgan fingerprint density at radius 1 is 1.30 bits per heavy atom. The van der Waals surface area contributed by atoms with Crippen molar-refractivity contribution < 1.29 is 18.4 Å². The summed E-state index contributed by atoms with van der Waals surface area (Å²) < 4.78 is 31.9. The van der Waals surface area contributed by atoms with Crippen molar-refractivity contribution in [2.24, 2.45) is 0 Å². The van der Waals surface area contributed by atoms with Gasteiger partial charge in [-0.25, -0.2) is 9.37 Å². The van der Waals surface area contributed by atoms with E-state index in [1.54, 1.807) is 0 Å². The van der Waals surface area contributed by atoms with Gasteiger partial charge in [0.05, 0.1) is 16.6 Å². The number of nitro benzene ring substituents is 1. The number of halogens is 2.